The highest BCUT2D eigenvalue weighted by Crippen LogP contribution is 2.13. The van der Waals surface area contributed by atoms with Crippen LogP contribution in [0.25, 0.3) is 0 Å². The van der Waals surface area contributed by atoms with Crippen molar-refractivity contribution in [2.75, 3.05) is 13.1 Å². The van der Waals surface area contributed by atoms with Crippen molar-refractivity contribution in [3.63, 3.8) is 0 Å². The number of carbonyl (C=O) groups is 2. The van der Waals surface area contributed by atoms with Gasteiger partial charge in [-0.1, -0.05) is 30.3 Å². The molecule has 1 saturated heterocycles. The summed E-state index contributed by atoms with van der Waals surface area (Å²) in [7, 11) is 0. The van der Waals surface area contributed by atoms with Crippen LogP contribution in [-0.2, 0) is 11.2 Å². The average Bonchev–Trinajstić information content (AvgIpc) is 2.68. The maximum Gasteiger partial charge on any atom is 0.271 e. The number of hydrogen-bond donors (Lipinski definition) is 1. The number of benzene rings is 1. The minimum absolute atomic E-state index is 0.0766. The summed E-state index contributed by atoms with van der Waals surface area (Å²) < 4.78 is 0. The Bertz CT molecular complexity index is 698. The van der Waals surface area contributed by atoms with Crippen LogP contribution in [0.4, 0.5) is 0 Å². The molecule has 1 N–H and O–H groups in total. The maximum absolute atomic E-state index is 12.3. The summed E-state index contributed by atoms with van der Waals surface area (Å²) in [6, 6.07) is 10.1. The van der Waals surface area contributed by atoms with E-state index in [1.807, 2.05) is 35.2 Å². The second-order valence-corrected chi connectivity index (χ2v) is 6.20. The fourth-order valence-corrected chi connectivity index (χ4v) is 3.00. The predicted molar refractivity (Wildman–Crippen MR) is 93.9 cm³/mol. The molecule has 0 radical (unpaired) electrons. The number of amides is 2. The molecule has 6 nitrogen and oxygen atoms in total. The third-order valence-electron chi connectivity index (χ3n) is 4.45. The van der Waals surface area contributed by atoms with Gasteiger partial charge in [0.25, 0.3) is 5.91 Å². The van der Waals surface area contributed by atoms with Crippen molar-refractivity contribution >= 4 is 11.8 Å². The Morgan fingerprint density at radius 3 is 2.56 bits per heavy atom. The second kappa shape index (κ2) is 8.37. The summed E-state index contributed by atoms with van der Waals surface area (Å²) in [5, 5.41) is 2.97. The molecular formula is C19H22N4O2. The summed E-state index contributed by atoms with van der Waals surface area (Å²) in [6.07, 6.45) is 7.33. The highest BCUT2D eigenvalue weighted by atomic mass is 16.2. The lowest BCUT2D eigenvalue weighted by Crippen LogP contribution is -2.46. The van der Waals surface area contributed by atoms with E-state index in [4.69, 9.17) is 0 Å². The molecule has 1 aliphatic rings. The number of carbonyl (C=O) groups excluding carboxylic acids is 2. The Morgan fingerprint density at radius 1 is 1.12 bits per heavy atom. The zero-order chi connectivity index (χ0) is 17.5. The van der Waals surface area contributed by atoms with Gasteiger partial charge in [0, 0.05) is 37.9 Å². The molecule has 2 aromatic rings. The maximum atomic E-state index is 12.3. The number of aromatic nitrogens is 2. The molecule has 3 rings (SSSR count). The zero-order valence-electron chi connectivity index (χ0n) is 14.1. The minimum atomic E-state index is -0.207. The van der Waals surface area contributed by atoms with Gasteiger partial charge in [-0.2, -0.15) is 0 Å². The minimum Gasteiger partial charge on any atom is -0.348 e. The van der Waals surface area contributed by atoms with Crippen molar-refractivity contribution in [2.45, 2.75) is 31.7 Å². The molecule has 130 valence electrons. The molecule has 2 amide bonds. The fraction of sp³-hybridized carbons (Fsp3) is 0.368. The van der Waals surface area contributed by atoms with Gasteiger partial charge in [0.05, 0.1) is 6.20 Å². The molecule has 1 aromatic carbocycles. The van der Waals surface area contributed by atoms with Gasteiger partial charge in [-0.15, -0.1) is 0 Å². The van der Waals surface area contributed by atoms with Crippen molar-refractivity contribution < 1.29 is 9.59 Å². The summed E-state index contributed by atoms with van der Waals surface area (Å²) >= 11 is 0. The molecule has 0 unspecified atom stereocenters. The summed E-state index contributed by atoms with van der Waals surface area (Å²) in [4.78, 5) is 34.2. The van der Waals surface area contributed by atoms with E-state index in [1.165, 1.54) is 24.2 Å². The highest BCUT2D eigenvalue weighted by Gasteiger charge is 2.24. The average molecular weight is 338 g/mol. The quantitative estimate of drug-likeness (QED) is 0.902. The molecule has 0 bridgehead atoms. The highest BCUT2D eigenvalue weighted by molar-refractivity contribution is 5.92. The van der Waals surface area contributed by atoms with Crippen molar-refractivity contribution in [3.8, 4) is 0 Å². The number of piperidine rings is 1. The summed E-state index contributed by atoms with van der Waals surface area (Å²) in [6.45, 7) is 1.36. The first-order valence-electron chi connectivity index (χ1n) is 8.61. The number of hydrogen-bond acceptors (Lipinski definition) is 4. The molecular weight excluding hydrogens is 316 g/mol. The van der Waals surface area contributed by atoms with Crippen LogP contribution in [0.3, 0.4) is 0 Å². The molecule has 1 aliphatic heterocycles. The largest absolute Gasteiger partial charge is 0.348 e. The van der Waals surface area contributed by atoms with Crippen LogP contribution in [-0.4, -0.2) is 45.8 Å². The number of nitrogens with zero attached hydrogens (tertiary/aromatic N) is 3. The Hall–Kier alpha value is -2.76. The first-order valence-corrected chi connectivity index (χ1v) is 8.61. The van der Waals surface area contributed by atoms with Crippen LogP contribution < -0.4 is 5.32 Å². The first-order chi connectivity index (χ1) is 12.2. The fourth-order valence-electron chi connectivity index (χ4n) is 3.00. The lowest BCUT2D eigenvalue weighted by molar-refractivity contribution is -0.132. The SMILES string of the molecule is O=C(NC1CCN(C(=O)CCc2ccccc2)CC1)c1cnccn1. The number of likely N-dealkylation sites (tertiary alicyclic amines) is 1. The van der Waals surface area contributed by atoms with E-state index in [0.717, 1.165) is 19.3 Å². The van der Waals surface area contributed by atoms with Crippen LogP contribution in [0.15, 0.2) is 48.9 Å². The van der Waals surface area contributed by atoms with Crippen LogP contribution >= 0.6 is 0 Å². The molecule has 25 heavy (non-hydrogen) atoms. The molecule has 6 heteroatoms. The number of nitrogens with one attached hydrogen (secondary N) is 1. The lowest BCUT2D eigenvalue weighted by atomic mass is 10.0. The molecule has 1 fully saturated rings. The Kier molecular flexibility index (Phi) is 5.72. The van der Waals surface area contributed by atoms with Gasteiger partial charge >= 0.3 is 0 Å². The first kappa shape index (κ1) is 17.1. The summed E-state index contributed by atoms with van der Waals surface area (Å²) in [5.41, 5.74) is 1.51. The van der Waals surface area contributed by atoms with Crippen molar-refractivity contribution in [2.24, 2.45) is 0 Å². The van der Waals surface area contributed by atoms with E-state index in [9.17, 15) is 9.59 Å². The zero-order valence-corrected chi connectivity index (χ0v) is 14.1. The predicted octanol–water partition coefficient (Wildman–Crippen LogP) is 1.83. The molecule has 0 spiro atoms. The van der Waals surface area contributed by atoms with Crippen molar-refractivity contribution in [1.29, 1.82) is 0 Å². The number of aryl methyl sites for hydroxylation is 1. The molecule has 1 aromatic heterocycles. The second-order valence-electron chi connectivity index (χ2n) is 6.20. The summed E-state index contributed by atoms with van der Waals surface area (Å²) in [5.74, 6) is -0.0236. The van der Waals surface area contributed by atoms with Crippen LogP contribution in [0, 0.1) is 0 Å². The third kappa shape index (κ3) is 4.86. The monoisotopic (exact) mass is 338 g/mol. The standard InChI is InChI=1S/C19H22N4O2/c24-18(7-6-15-4-2-1-3-5-15)23-12-8-16(9-13-23)22-19(25)17-14-20-10-11-21-17/h1-5,10-11,14,16H,6-9,12-13H2,(H,22,25). The van der Waals surface area contributed by atoms with E-state index >= 15 is 0 Å². The van der Waals surface area contributed by atoms with Gasteiger partial charge in [0.15, 0.2) is 0 Å². The smallest absolute Gasteiger partial charge is 0.271 e. The molecule has 2 heterocycles. The topological polar surface area (TPSA) is 75.2 Å². The Labute approximate surface area is 147 Å². The number of rotatable bonds is 5. The van der Waals surface area contributed by atoms with Crippen molar-refractivity contribution in [3.05, 3.63) is 60.2 Å². The van der Waals surface area contributed by atoms with Crippen LogP contribution in [0.5, 0.6) is 0 Å². The van der Waals surface area contributed by atoms with Gasteiger partial charge in [-0.3, -0.25) is 14.6 Å². The molecule has 0 atom stereocenters. The Balaban J connectivity index is 1.42. The van der Waals surface area contributed by atoms with Gasteiger partial charge in [0.1, 0.15) is 5.69 Å². The van der Waals surface area contributed by atoms with Gasteiger partial charge < -0.3 is 10.2 Å². The van der Waals surface area contributed by atoms with E-state index in [2.05, 4.69) is 15.3 Å². The van der Waals surface area contributed by atoms with E-state index in [1.54, 1.807) is 0 Å². The third-order valence-corrected chi connectivity index (χ3v) is 4.45. The van der Waals surface area contributed by atoms with E-state index in [-0.39, 0.29) is 17.9 Å². The van der Waals surface area contributed by atoms with Crippen LogP contribution in [0.1, 0.15) is 35.3 Å². The van der Waals surface area contributed by atoms with E-state index < -0.39 is 0 Å². The van der Waals surface area contributed by atoms with Crippen molar-refractivity contribution in [1.82, 2.24) is 20.2 Å². The Morgan fingerprint density at radius 2 is 1.88 bits per heavy atom. The van der Waals surface area contributed by atoms with Gasteiger partial charge in [-0.05, 0) is 24.8 Å². The van der Waals surface area contributed by atoms with Crippen LogP contribution in [0.2, 0.25) is 0 Å². The van der Waals surface area contributed by atoms with Gasteiger partial charge in [-0.25, -0.2) is 4.98 Å². The normalized spacial score (nSPS) is 15.0. The van der Waals surface area contributed by atoms with Gasteiger partial charge in [0.2, 0.25) is 5.91 Å². The molecule has 0 aliphatic carbocycles. The molecule has 0 saturated carbocycles. The lowest BCUT2D eigenvalue weighted by Gasteiger charge is -2.32. The van der Waals surface area contributed by atoms with E-state index in [0.29, 0.717) is 25.2 Å².